The zero-order valence-electron chi connectivity index (χ0n) is 16.9. The first kappa shape index (κ1) is 24.6. The number of esters is 1. The van der Waals surface area contributed by atoms with Gasteiger partial charge in [-0.2, -0.15) is 5.10 Å². The molecule has 0 spiro atoms. The van der Waals surface area contributed by atoms with Gasteiger partial charge in [-0.25, -0.2) is 23.4 Å². The third kappa shape index (κ3) is 7.22. The zero-order chi connectivity index (χ0) is 23.8. The topological polar surface area (TPSA) is 114 Å². The lowest BCUT2D eigenvalue weighted by Gasteiger charge is -2.08. The van der Waals surface area contributed by atoms with Gasteiger partial charge in [0.1, 0.15) is 5.75 Å². The molecule has 0 saturated carbocycles. The van der Waals surface area contributed by atoms with Crippen molar-refractivity contribution in [3.63, 3.8) is 0 Å². The Morgan fingerprint density at radius 3 is 2.42 bits per heavy atom. The van der Waals surface area contributed by atoms with E-state index in [-0.39, 0.29) is 10.6 Å². The Hall–Kier alpha value is -3.05. The van der Waals surface area contributed by atoms with Gasteiger partial charge in [-0.3, -0.25) is 4.79 Å². The standard InChI is InChI=1S/C22H17BrClN3O5S/c23-17-8-11-20(32-22(29)15-6-9-18(24)10-7-15)16(12-17)13-25-27-21(28)14-26-33(30,31)19-4-2-1-3-5-19/h1-13,26H,14H2,(H,27,28)/b25-13+. The summed E-state index contributed by atoms with van der Waals surface area (Å²) in [5, 5.41) is 4.31. The number of nitrogens with one attached hydrogen (secondary N) is 2. The predicted octanol–water partition coefficient (Wildman–Crippen LogP) is 3.75. The molecule has 11 heteroatoms. The first-order chi connectivity index (χ1) is 15.7. The Kier molecular flexibility index (Phi) is 8.34. The van der Waals surface area contributed by atoms with E-state index in [0.717, 1.165) is 0 Å². The molecule has 0 saturated heterocycles. The monoisotopic (exact) mass is 549 g/mol. The zero-order valence-corrected chi connectivity index (χ0v) is 20.0. The predicted molar refractivity (Wildman–Crippen MR) is 128 cm³/mol. The van der Waals surface area contributed by atoms with Gasteiger partial charge in [0, 0.05) is 15.1 Å². The van der Waals surface area contributed by atoms with Crippen molar-refractivity contribution in [2.24, 2.45) is 5.10 Å². The number of rotatable bonds is 8. The van der Waals surface area contributed by atoms with Crippen LogP contribution in [0.2, 0.25) is 5.02 Å². The fourth-order valence-electron chi connectivity index (χ4n) is 2.51. The SMILES string of the molecule is O=C(CNS(=O)(=O)c1ccccc1)N/N=C/c1cc(Br)ccc1OC(=O)c1ccc(Cl)cc1. The lowest BCUT2D eigenvalue weighted by atomic mass is 10.2. The third-order valence-electron chi connectivity index (χ3n) is 4.12. The molecular formula is C22H17BrClN3O5S. The average molecular weight is 551 g/mol. The summed E-state index contributed by atoms with van der Waals surface area (Å²) in [6, 6.07) is 18.8. The highest BCUT2D eigenvalue weighted by Crippen LogP contribution is 2.23. The van der Waals surface area contributed by atoms with E-state index in [1.165, 1.54) is 30.5 Å². The minimum Gasteiger partial charge on any atom is -0.422 e. The number of hydrogen-bond acceptors (Lipinski definition) is 6. The Balaban J connectivity index is 1.62. The summed E-state index contributed by atoms with van der Waals surface area (Å²) in [4.78, 5) is 24.4. The number of sulfonamides is 1. The normalized spacial score (nSPS) is 11.3. The highest BCUT2D eigenvalue weighted by atomic mass is 79.9. The van der Waals surface area contributed by atoms with Gasteiger partial charge < -0.3 is 4.74 Å². The summed E-state index contributed by atoms with van der Waals surface area (Å²) >= 11 is 9.16. The molecule has 0 radical (unpaired) electrons. The Morgan fingerprint density at radius 1 is 1.03 bits per heavy atom. The molecule has 0 aliphatic heterocycles. The van der Waals surface area contributed by atoms with Gasteiger partial charge in [0.2, 0.25) is 10.0 Å². The van der Waals surface area contributed by atoms with Gasteiger partial charge in [0.25, 0.3) is 5.91 Å². The molecular weight excluding hydrogens is 534 g/mol. The van der Waals surface area contributed by atoms with Crippen LogP contribution < -0.4 is 14.9 Å². The maximum absolute atomic E-state index is 12.4. The van der Waals surface area contributed by atoms with Crippen LogP contribution in [0.3, 0.4) is 0 Å². The average Bonchev–Trinajstić information content (AvgIpc) is 2.80. The van der Waals surface area contributed by atoms with Crippen molar-refractivity contribution >= 4 is 55.6 Å². The minimum atomic E-state index is -3.82. The lowest BCUT2D eigenvalue weighted by Crippen LogP contribution is -2.34. The Labute approximate surface area is 203 Å². The highest BCUT2D eigenvalue weighted by molar-refractivity contribution is 9.10. The van der Waals surface area contributed by atoms with E-state index in [0.29, 0.717) is 20.6 Å². The molecule has 8 nitrogen and oxygen atoms in total. The second kappa shape index (κ2) is 11.2. The molecule has 0 bridgehead atoms. The molecule has 0 heterocycles. The van der Waals surface area contributed by atoms with E-state index in [2.05, 4.69) is 31.2 Å². The number of benzene rings is 3. The molecule has 33 heavy (non-hydrogen) atoms. The lowest BCUT2D eigenvalue weighted by molar-refractivity contribution is -0.119. The van der Waals surface area contributed by atoms with Crippen molar-refractivity contribution in [1.29, 1.82) is 0 Å². The van der Waals surface area contributed by atoms with Crippen LogP contribution in [-0.4, -0.2) is 33.1 Å². The van der Waals surface area contributed by atoms with Crippen LogP contribution in [0.4, 0.5) is 0 Å². The fourth-order valence-corrected chi connectivity index (χ4v) is 4.02. The summed E-state index contributed by atoms with van der Waals surface area (Å²) in [6.45, 7) is -0.508. The Morgan fingerprint density at radius 2 is 1.73 bits per heavy atom. The second-order valence-electron chi connectivity index (χ2n) is 6.51. The van der Waals surface area contributed by atoms with E-state index in [4.69, 9.17) is 16.3 Å². The van der Waals surface area contributed by atoms with E-state index in [1.54, 1.807) is 48.5 Å². The van der Waals surface area contributed by atoms with Crippen molar-refractivity contribution in [2.75, 3.05) is 6.54 Å². The molecule has 0 atom stereocenters. The summed E-state index contributed by atoms with van der Waals surface area (Å²) in [6.07, 6.45) is 1.28. The fraction of sp³-hybridized carbons (Fsp3) is 0.0455. The van der Waals surface area contributed by atoms with Gasteiger partial charge >= 0.3 is 5.97 Å². The van der Waals surface area contributed by atoms with Crippen LogP contribution in [0.5, 0.6) is 5.75 Å². The van der Waals surface area contributed by atoms with E-state index in [9.17, 15) is 18.0 Å². The molecule has 0 aliphatic carbocycles. The minimum absolute atomic E-state index is 0.0441. The van der Waals surface area contributed by atoms with Crippen molar-refractivity contribution < 1.29 is 22.7 Å². The van der Waals surface area contributed by atoms with E-state index >= 15 is 0 Å². The van der Waals surface area contributed by atoms with Crippen LogP contribution in [0.25, 0.3) is 0 Å². The van der Waals surface area contributed by atoms with Crippen LogP contribution in [-0.2, 0) is 14.8 Å². The van der Waals surface area contributed by atoms with Crippen LogP contribution in [0, 0.1) is 0 Å². The first-order valence-corrected chi connectivity index (χ1v) is 12.0. The van der Waals surface area contributed by atoms with Crippen LogP contribution in [0.1, 0.15) is 15.9 Å². The van der Waals surface area contributed by atoms with E-state index < -0.39 is 28.4 Å². The van der Waals surface area contributed by atoms with Gasteiger partial charge in [0.05, 0.1) is 23.2 Å². The van der Waals surface area contributed by atoms with Crippen molar-refractivity contribution in [2.45, 2.75) is 4.90 Å². The van der Waals surface area contributed by atoms with Crippen LogP contribution in [0.15, 0.2) is 87.3 Å². The number of amides is 1. The van der Waals surface area contributed by atoms with Crippen molar-refractivity contribution in [3.05, 3.63) is 93.4 Å². The largest absolute Gasteiger partial charge is 0.422 e. The van der Waals surface area contributed by atoms with Gasteiger partial charge in [-0.05, 0) is 54.6 Å². The first-order valence-electron chi connectivity index (χ1n) is 9.38. The molecule has 3 aromatic rings. The number of carbonyl (C=O) groups excluding carboxylic acids is 2. The quantitative estimate of drug-likeness (QED) is 0.192. The maximum Gasteiger partial charge on any atom is 0.343 e. The molecule has 170 valence electrons. The number of carbonyl (C=O) groups is 2. The molecule has 3 aromatic carbocycles. The summed E-state index contributed by atoms with van der Waals surface area (Å²) in [5.41, 5.74) is 2.94. The summed E-state index contributed by atoms with van der Waals surface area (Å²) in [5.74, 6) is -1.07. The second-order valence-corrected chi connectivity index (χ2v) is 9.63. The summed E-state index contributed by atoms with van der Waals surface area (Å²) in [7, 11) is -3.82. The van der Waals surface area contributed by atoms with Gasteiger partial charge in [-0.15, -0.1) is 0 Å². The van der Waals surface area contributed by atoms with Crippen LogP contribution >= 0.6 is 27.5 Å². The number of halogens is 2. The van der Waals surface area contributed by atoms with Crippen molar-refractivity contribution in [3.8, 4) is 5.75 Å². The molecule has 0 fully saturated rings. The maximum atomic E-state index is 12.4. The summed E-state index contributed by atoms with van der Waals surface area (Å²) < 4.78 is 32.6. The number of nitrogens with zero attached hydrogens (tertiary/aromatic N) is 1. The smallest absolute Gasteiger partial charge is 0.343 e. The van der Waals surface area contributed by atoms with Gasteiger partial charge in [0.15, 0.2) is 0 Å². The Bertz CT molecular complexity index is 1280. The van der Waals surface area contributed by atoms with E-state index in [1.807, 2.05) is 0 Å². The molecule has 0 unspecified atom stereocenters. The molecule has 0 aliphatic rings. The third-order valence-corrected chi connectivity index (χ3v) is 6.29. The number of hydrazone groups is 1. The molecule has 3 rings (SSSR count). The highest BCUT2D eigenvalue weighted by Gasteiger charge is 2.15. The number of hydrogen-bond donors (Lipinski definition) is 2. The molecule has 1 amide bonds. The molecule has 0 aromatic heterocycles. The molecule has 2 N–H and O–H groups in total. The number of ether oxygens (including phenoxy) is 1. The van der Waals surface area contributed by atoms with Gasteiger partial charge in [-0.1, -0.05) is 45.7 Å². The van der Waals surface area contributed by atoms with Crippen molar-refractivity contribution in [1.82, 2.24) is 10.1 Å².